The van der Waals surface area contributed by atoms with Crippen LogP contribution in [0.3, 0.4) is 0 Å². The van der Waals surface area contributed by atoms with Gasteiger partial charge < -0.3 is 9.94 Å². The Morgan fingerprint density at radius 3 is 1.87 bits per heavy atom. The zero-order valence-corrected chi connectivity index (χ0v) is 17.8. The first-order chi connectivity index (χ1) is 14.5. The fraction of sp³-hybridized carbons (Fsp3) is 0.125. The Morgan fingerprint density at radius 2 is 1.33 bits per heavy atom. The van der Waals surface area contributed by atoms with E-state index in [1.165, 1.54) is 18.7 Å². The largest absolute Gasteiger partial charge is 0.508 e. The third kappa shape index (κ3) is 6.60. The van der Waals surface area contributed by atoms with E-state index in [2.05, 4.69) is 5.16 Å². The number of aromatic hydroxyl groups is 1. The minimum Gasteiger partial charge on any atom is -0.508 e. The van der Waals surface area contributed by atoms with Crippen LogP contribution in [0, 0.1) is 0 Å². The smallest absolute Gasteiger partial charge is 0.332 e. The van der Waals surface area contributed by atoms with Crippen LogP contribution in [-0.2, 0) is 9.63 Å². The first-order valence-electron chi connectivity index (χ1n) is 9.45. The molecule has 5 nitrogen and oxygen atoms in total. The number of hydrogen-bond donors (Lipinski definition) is 1. The summed E-state index contributed by atoms with van der Waals surface area (Å²) in [4.78, 5) is 30.7. The third-order valence-electron chi connectivity index (χ3n) is 3.72. The lowest BCUT2D eigenvalue weighted by atomic mass is 10.0. The van der Waals surface area contributed by atoms with Gasteiger partial charge in [0.2, 0.25) is 5.78 Å². The minimum absolute atomic E-state index is 0.0646. The highest BCUT2D eigenvalue weighted by Gasteiger charge is 2.18. The predicted octanol–water partition coefficient (Wildman–Crippen LogP) is 5.72. The highest BCUT2D eigenvalue weighted by atomic mass is 32.2. The fourth-order valence-electron chi connectivity index (χ4n) is 2.39. The van der Waals surface area contributed by atoms with Crippen molar-refractivity contribution in [3.63, 3.8) is 0 Å². The standard InChI is InChI=1S/C22H17NO4S.C2H6/c1-15(24)27-23-21(16-5-3-2-4-6-16)22(26)17-7-11-19(12-8-17)28-20-13-9-18(25)10-14-20;1-2/h2-14,25H,1H3;1-2H3/b23-21+;. The number of rotatable bonds is 6. The lowest BCUT2D eigenvalue weighted by molar-refractivity contribution is -0.140. The molecular weight excluding hydrogens is 398 g/mol. The van der Waals surface area contributed by atoms with E-state index in [-0.39, 0.29) is 17.2 Å². The molecule has 1 N–H and O–H groups in total. The van der Waals surface area contributed by atoms with Gasteiger partial charge in [-0.05, 0) is 48.5 Å². The summed E-state index contributed by atoms with van der Waals surface area (Å²) in [5.74, 6) is -0.721. The van der Waals surface area contributed by atoms with Gasteiger partial charge in [-0.3, -0.25) is 4.79 Å². The van der Waals surface area contributed by atoms with Crippen LogP contribution in [0.15, 0.2) is 93.8 Å². The highest BCUT2D eigenvalue weighted by molar-refractivity contribution is 7.99. The number of oxime groups is 1. The van der Waals surface area contributed by atoms with Crippen LogP contribution >= 0.6 is 11.8 Å². The number of phenols is 1. The SMILES string of the molecule is CC.CC(=O)O/N=C(/C(=O)c1ccc(Sc2ccc(O)cc2)cc1)c1ccccc1. The van der Waals surface area contributed by atoms with E-state index < -0.39 is 5.97 Å². The summed E-state index contributed by atoms with van der Waals surface area (Å²) in [5, 5.41) is 13.1. The zero-order valence-electron chi connectivity index (χ0n) is 17.0. The molecule has 0 radical (unpaired) electrons. The summed E-state index contributed by atoms with van der Waals surface area (Å²) in [5.41, 5.74) is 1.07. The molecule has 0 aromatic heterocycles. The Hall–Kier alpha value is -3.38. The summed E-state index contributed by atoms with van der Waals surface area (Å²) in [6, 6.07) is 22.8. The van der Waals surface area contributed by atoms with Gasteiger partial charge in [-0.1, -0.05) is 61.1 Å². The van der Waals surface area contributed by atoms with Crippen molar-refractivity contribution in [3.05, 3.63) is 90.0 Å². The Morgan fingerprint density at radius 1 is 0.800 bits per heavy atom. The molecule has 0 bridgehead atoms. The summed E-state index contributed by atoms with van der Waals surface area (Å²) < 4.78 is 0. The second-order valence-electron chi connectivity index (χ2n) is 5.84. The lowest BCUT2D eigenvalue weighted by Crippen LogP contribution is -2.17. The summed E-state index contributed by atoms with van der Waals surface area (Å²) in [6.45, 7) is 5.23. The minimum atomic E-state index is -0.595. The van der Waals surface area contributed by atoms with Gasteiger partial charge in [-0.2, -0.15) is 0 Å². The van der Waals surface area contributed by atoms with Crippen molar-refractivity contribution in [1.82, 2.24) is 0 Å². The van der Waals surface area contributed by atoms with Gasteiger partial charge >= 0.3 is 5.97 Å². The summed E-state index contributed by atoms with van der Waals surface area (Å²) >= 11 is 1.51. The van der Waals surface area contributed by atoms with Crippen LogP contribution in [0.4, 0.5) is 0 Å². The summed E-state index contributed by atoms with van der Waals surface area (Å²) in [7, 11) is 0. The van der Waals surface area contributed by atoms with Gasteiger partial charge in [0.15, 0.2) is 5.71 Å². The number of ketones is 1. The molecule has 30 heavy (non-hydrogen) atoms. The molecule has 0 amide bonds. The van der Waals surface area contributed by atoms with Crippen LogP contribution < -0.4 is 0 Å². The second kappa shape index (κ2) is 11.6. The van der Waals surface area contributed by atoms with Crippen molar-refractivity contribution in [3.8, 4) is 5.75 Å². The van der Waals surface area contributed by atoms with E-state index >= 15 is 0 Å². The monoisotopic (exact) mass is 421 g/mol. The Labute approximate surface area is 180 Å². The van der Waals surface area contributed by atoms with E-state index in [0.29, 0.717) is 11.1 Å². The molecule has 0 unspecified atom stereocenters. The maximum absolute atomic E-state index is 12.9. The van der Waals surface area contributed by atoms with Crippen LogP contribution in [-0.4, -0.2) is 22.6 Å². The van der Waals surface area contributed by atoms with Crippen molar-refractivity contribution >= 4 is 29.2 Å². The van der Waals surface area contributed by atoms with Crippen LogP contribution in [0.5, 0.6) is 5.75 Å². The van der Waals surface area contributed by atoms with E-state index in [1.807, 2.05) is 44.2 Å². The Kier molecular flexibility index (Phi) is 8.84. The van der Waals surface area contributed by atoms with Gasteiger partial charge in [0.05, 0.1) is 0 Å². The molecule has 0 aliphatic carbocycles. The molecule has 0 fully saturated rings. The number of benzene rings is 3. The first kappa shape index (κ1) is 22.9. The lowest BCUT2D eigenvalue weighted by Gasteiger charge is -2.07. The van der Waals surface area contributed by atoms with Crippen molar-refractivity contribution in [2.24, 2.45) is 5.16 Å². The maximum Gasteiger partial charge on any atom is 0.332 e. The molecular formula is C24H23NO4S. The molecule has 0 spiro atoms. The average Bonchev–Trinajstić information content (AvgIpc) is 2.78. The predicted molar refractivity (Wildman–Crippen MR) is 119 cm³/mol. The van der Waals surface area contributed by atoms with E-state index in [4.69, 9.17) is 4.84 Å². The van der Waals surface area contributed by atoms with E-state index in [1.54, 1.807) is 48.5 Å². The molecule has 3 aromatic rings. The molecule has 0 saturated carbocycles. The molecule has 3 rings (SSSR count). The normalized spacial score (nSPS) is 10.6. The second-order valence-corrected chi connectivity index (χ2v) is 6.99. The van der Waals surface area contributed by atoms with Crippen LogP contribution in [0.2, 0.25) is 0 Å². The Bertz CT molecular complexity index is 998. The van der Waals surface area contributed by atoms with Crippen LogP contribution in [0.1, 0.15) is 36.7 Å². The van der Waals surface area contributed by atoms with Crippen molar-refractivity contribution in [1.29, 1.82) is 0 Å². The summed E-state index contributed by atoms with van der Waals surface area (Å²) in [6.07, 6.45) is 0. The number of phenolic OH excluding ortho intramolecular Hbond substituents is 1. The first-order valence-corrected chi connectivity index (χ1v) is 10.3. The average molecular weight is 422 g/mol. The van der Waals surface area contributed by atoms with Gasteiger partial charge in [0.25, 0.3) is 0 Å². The van der Waals surface area contributed by atoms with Crippen molar-refractivity contribution in [2.75, 3.05) is 0 Å². The number of carbonyl (C=O) groups excluding carboxylic acids is 2. The number of hydrogen-bond acceptors (Lipinski definition) is 6. The Balaban J connectivity index is 0.00000155. The van der Waals surface area contributed by atoms with Gasteiger partial charge in [0.1, 0.15) is 5.75 Å². The molecule has 0 saturated heterocycles. The number of nitrogens with zero attached hydrogens (tertiary/aromatic N) is 1. The maximum atomic E-state index is 12.9. The van der Waals surface area contributed by atoms with Gasteiger partial charge in [-0.25, -0.2) is 4.79 Å². The van der Waals surface area contributed by atoms with Gasteiger partial charge in [-0.15, -0.1) is 0 Å². The zero-order chi connectivity index (χ0) is 21.9. The quantitative estimate of drug-likeness (QED) is 0.238. The number of Topliss-reactive ketones (excluding diaryl/α,β-unsaturated/α-hetero) is 1. The molecule has 0 heterocycles. The molecule has 3 aromatic carbocycles. The fourth-order valence-corrected chi connectivity index (χ4v) is 3.21. The molecule has 0 aliphatic rings. The molecule has 6 heteroatoms. The highest BCUT2D eigenvalue weighted by Crippen LogP contribution is 2.29. The molecule has 0 aliphatic heterocycles. The topological polar surface area (TPSA) is 76.0 Å². The van der Waals surface area contributed by atoms with E-state index in [9.17, 15) is 14.7 Å². The van der Waals surface area contributed by atoms with Crippen molar-refractivity contribution in [2.45, 2.75) is 30.6 Å². The molecule has 0 atom stereocenters. The number of carbonyl (C=O) groups is 2. The van der Waals surface area contributed by atoms with Gasteiger partial charge in [0, 0.05) is 27.8 Å². The van der Waals surface area contributed by atoms with Crippen LogP contribution in [0.25, 0.3) is 0 Å². The van der Waals surface area contributed by atoms with E-state index in [0.717, 1.165) is 9.79 Å². The molecule has 154 valence electrons. The third-order valence-corrected chi connectivity index (χ3v) is 4.73. The van der Waals surface area contributed by atoms with Crippen molar-refractivity contribution < 1.29 is 19.5 Å².